The van der Waals surface area contributed by atoms with Gasteiger partial charge in [0.25, 0.3) is 0 Å². The van der Waals surface area contributed by atoms with Gasteiger partial charge in [0.05, 0.1) is 28.8 Å². The third kappa shape index (κ3) is 4.18. The van der Waals surface area contributed by atoms with Gasteiger partial charge in [0, 0.05) is 37.1 Å². The number of pyridine rings is 1. The van der Waals surface area contributed by atoms with Crippen molar-refractivity contribution >= 4 is 28.5 Å². The number of benzene rings is 1. The number of halogens is 2. The molecule has 3 aromatic rings. The molecule has 0 spiro atoms. The molecular formula is C27H29F2N5O4. The second-order valence-corrected chi connectivity index (χ2v) is 10.2. The van der Waals surface area contributed by atoms with Gasteiger partial charge in [0.2, 0.25) is 11.8 Å². The van der Waals surface area contributed by atoms with Crippen LogP contribution in [0.15, 0.2) is 30.6 Å². The Bertz CT molecular complexity index is 1420. The number of hydrogen-bond acceptors (Lipinski definition) is 6. The van der Waals surface area contributed by atoms with Gasteiger partial charge in [-0.05, 0) is 44.4 Å². The summed E-state index contributed by atoms with van der Waals surface area (Å²) in [5.74, 6) is -4.54. The smallest absolute Gasteiger partial charge is 0.352 e. The number of nitrogens with one attached hydrogen (secondary N) is 1. The zero-order valence-electron chi connectivity index (χ0n) is 21.2. The summed E-state index contributed by atoms with van der Waals surface area (Å²) < 4.78 is 43.4. The van der Waals surface area contributed by atoms with Crippen molar-refractivity contribution in [1.29, 1.82) is 0 Å². The number of nitrogens with zero attached hydrogens (tertiary/aromatic N) is 4. The van der Waals surface area contributed by atoms with E-state index in [2.05, 4.69) is 14.9 Å². The summed E-state index contributed by atoms with van der Waals surface area (Å²) in [6, 6.07) is 6.50. The number of anilines is 1. The number of hydrogen-bond donors (Lipinski definition) is 1. The van der Waals surface area contributed by atoms with Crippen LogP contribution in [0.1, 0.15) is 51.1 Å². The molecule has 200 valence electrons. The number of ether oxygens (including phenoxy) is 2. The van der Waals surface area contributed by atoms with E-state index in [1.807, 2.05) is 13.8 Å². The molecule has 2 aliphatic heterocycles. The average Bonchev–Trinajstić information content (AvgIpc) is 3.44. The molecule has 1 aliphatic carbocycles. The van der Waals surface area contributed by atoms with Crippen LogP contribution in [-0.2, 0) is 20.2 Å². The lowest BCUT2D eigenvalue weighted by Gasteiger charge is -2.20. The van der Waals surface area contributed by atoms with E-state index >= 15 is 0 Å². The molecule has 4 heterocycles. The van der Waals surface area contributed by atoms with Crippen molar-refractivity contribution in [2.75, 3.05) is 24.8 Å². The number of carbonyl (C=O) groups excluding carboxylic acids is 2. The van der Waals surface area contributed by atoms with Gasteiger partial charge in [-0.1, -0.05) is 13.0 Å². The third-order valence-electron chi connectivity index (χ3n) is 7.44. The highest BCUT2D eigenvalue weighted by Gasteiger charge is 2.53. The molecule has 9 nitrogen and oxygen atoms in total. The highest BCUT2D eigenvalue weighted by Crippen LogP contribution is 2.46. The van der Waals surface area contributed by atoms with Gasteiger partial charge in [0.15, 0.2) is 0 Å². The van der Waals surface area contributed by atoms with Gasteiger partial charge in [-0.15, -0.1) is 0 Å². The summed E-state index contributed by atoms with van der Waals surface area (Å²) in [6.45, 7) is 4.46. The SMILES string of the molecule is CCCOCN1C(=O)C(F)(F)c2ccc(-c3cc4ncn(C5CC5)c4c(O[C@H](C)[C@H]4CNC(=O)C4)n3)cc21. The Morgan fingerprint density at radius 1 is 1.24 bits per heavy atom. The minimum Gasteiger partial charge on any atom is -0.473 e. The van der Waals surface area contributed by atoms with Crippen LogP contribution in [0.2, 0.25) is 0 Å². The summed E-state index contributed by atoms with van der Waals surface area (Å²) in [7, 11) is 0. The molecule has 2 atom stereocenters. The summed E-state index contributed by atoms with van der Waals surface area (Å²) in [5, 5.41) is 2.84. The Kier molecular flexibility index (Phi) is 6.05. The highest BCUT2D eigenvalue weighted by atomic mass is 19.3. The van der Waals surface area contributed by atoms with E-state index in [0.717, 1.165) is 23.3 Å². The fourth-order valence-corrected chi connectivity index (χ4v) is 5.12. The topological polar surface area (TPSA) is 98.6 Å². The summed E-state index contributed by atoms with van der Waals surface area (Å²) in [6.07, 6.45) is 4.67. The second-order valence-electron chi connectivity index (χ2n) is 10.2. The van der Waals surface area contributed by atoms with Crippen molar-refractivity contribution in [1.82, 2.24) is 19.9 Å². The zero-order chi connectivity index (χ0) is 26.6. The fraction of sp³-hybridized carbons (Fsp3) is 0.481. The van der Waals surface area contributed by atoms with Gasteiger partial charge >= 0.3 is 11.8 Å². The number of rotatable bonds is 9. The van der Waals surface area contributed by atoms with Crippen molar-refractivity contribution in [2.24, 2.45) is 5.92 Å². The van der Waals surface area contributed by atoms with Gasteiger partial charge < -0.3 is 19.4 Å². The largest absolute Gasteiger partial charge is 0.473 e. The maximum atomic E-state index is 14.8. The van der Waals surface area contributed by atoms with Crippen LogP contribution in [0.5, 0.6) is 5.88 Å². The molecule has 1 saturated heterocycles. The Hall–Kier alpha value is -3.60. The first-order valence-corrected chi connectivity index (χ1v) is 13.0. The van der Waals surface area contributed by atoms with E-state index in [4.69, 9.17) is 14.5 Å². The predicted molar refractivity (Wildman–Crippen MR) is 135 cm³/mol. The van der Waals surface area contributed by atoms with Crippen molar-refractivity contribution in [3.8, 4) is 17.1 Å². The van der Waals surface area contributed by atoms with E-state index in [9.17, 15) is 18.4 Å². The van der Waals surface area contributed by atoms with Crippen molar-refractivity contribution in [3.63, 3.8) is 0 Å². The standard InChI is InChI=1S/C27H29F2N5O4/c1-3-8-37-14-34-22-9-16(4-7-19(22)27(28,29)26(34)36)20-11-21-24(33(13-31-21)18-5-6-18)25(32-20)38-15(2)17-10-23(35)30-12-17/h4,7,9,11,13,15,17-18H,3,5-6,8,10,12,14H2,1-2H3,(H,30,35)/t15-,17-/m1/s1. The third-order valence-corrected chi connectivity index (χ3v) is 7.44. The Balaban J connectivity index is 1.40. The first-order valence-electron chi connectivity index (χ1n) is 13.0. The Morgan fingerprint density at radius 2 is 2.05 bits per heavy atom. The molecule has 1 saturated carbocycles. The predicted octanol–water partition coefficient (Wildman–Crippen LogP) is 4.16. The molecular weight excluding hydrogens is 496 g/mol. The first-order chi connectivity index (χ1) is 18.3. The lowest BCUT2D eigenvalue weighted by Crippen LogP contribution is -2.36. The lowest BCUT2D eigenvalue weighted by molar-refractivity contribution is -0.142. The average molecular weight is 526 g/mol. The Morgan fingerprint density at radius 3 is 2.76 bits per heavy atom. The maximum absolute atomic E-state index is 14.8. The van der Waals surface area contributed by atoms with Crippen LogP contribution in [0.25, 0.3) is 22.3 Å². The molecule has 11 heteroatoms. The molecule has 2 amide bonds. The van der Waals surface area contributed by atoms with Crippen LogP contribution < -0.4 is 15.0 Å². The van der Waals surface area contributed by atoms with Crippen molar-refractivity contribution in [2.45, 2.75) is 57.6 Å². The van der Waals surface area contributed by atoms with Gasteiger partial charge in [-0.3, -0.25) is 14.5 Å². The first kappa shape index (κ1) is 24.7. The molecule has 0 bridgehead atoms. The molecule has 3 aliphatic rings. The minimum absolute atomic E-state index is 0.00251. The zero-order valence-corrected chi connectivity index (χ0v) is 21.2. The number of imidazole rings is 1. The van der Waals surface area contributed by atoms with Crippen molar-refractivity contribution < 1.29 is 27.8 Å². The highest BCUT2D eigenvalue weighted by molar-refractivity contribution is 6.06. The molecule has 0 unspecified atom stereocenters. The monoisotopic (exact) mass is 525 g/mol. The number of aromatic nitrogens is 3. The molecule has 38 heavy (non-hydrogen) atoms. The number of alkyl halides is 2. The Labute approximate surface area is 218 Å². The lowest BCUT2D eigenvalue weighted by atomic mass is 10.0. The van der Waals surface area contributed by atoms with Gasteiger partial charge in [-0.25, -0.2) is 9.97 Å². The van der Waals surface area contributed by atoms with E-state index in [1.54, 1.807) is 18.5 Å². The molecule has 6 rings (SSSR count). The number of amides is 2. The molecule has 2 aromatic heterocycles. The van der Waals surface area contributed by atoms with Crippen LogP contribution in [0, 0.1) is 5.92 Å². The van der Waals surface area contributed by atoms with Crippen LogP contribution in [0.4, 0.5) is 14.5 Å². The molecule has 1 aromatic carbocycles. The van der Waals surface area contributed by atoms with Crippen LogP contribution >= 0.6 is 0 Å². The number of fused-ring (bicyclic) bond motifs is 2. The maximum Gasteiger partial charge on any atom is 0.352 e. The number of carbonyl (C=O) groups is 2. The van der Waals surface area contributed by atoms with Gasteiger partial charge in [0.1, 0.15) is 18.4 Å². The summed E-state index contributed by atoms with van der Waals surface area (Å²) in [5.41, 5.74) is 2.24. The van der Waals surface area contributed by atoms with Gasteiger partial charge in [-0.2, -0.15) is 8.78 Å². The van der Waals surface area contributed by atoms with E-state index in [0.29, 0.717) is 54.7 Å². The molecule has 1 N–H and O–H groups in total. The van der Waals surface area contributed by atoms with E-state index in [-0.39, 0.29) is 35.9 Å². The minimum atomic E-state index is -3.62. The summed E-state index contributed by atoms with van der Waals surface area (Å²) >= 11 is 0. The molecule has 2 fully saturated rings. The summed E-state index contributed by atoms with van der Waals surface area (Å²) in [4.78, 5) is 34.7. The quantitative estimate of drug-likeness (QED) is 0.422. The van der Waals surface area contributed by atoms with Crippen molar-refractivity contribution in [3.05, 3.63) is 36.2 Å². The normalized spacial score (nSPS) is 21.2. The van der Waals surface area contributed by atoms with E-state index in [1.165, 1.54) is 12.1 Å². The fourth-order valence-electron chi connectivity index (χ4n) is 5.12. The van der Waals surface area contributed by atoms with Crippen LogP contribution in [0.3, 0.4) is 0 Å². The second kappa shape index (κ2) is 9.30. The van der Waals surface area contributed by atoms with Crippen LogP contribution in [-0.4, -0.2) is 52.3 Å². The molecule has 0 radical (unpaired) electrons. The van der Waals surface area contributed by atoms with E-state index < -0.39 is 11.8 Å².